The standard InChI is InChI=1S/C26H29FN4O4/c1-17-10-12-31(13-11-17)24(32)9-7-21-26(33)28-25(30-29-21)19-6-8-22(23(15-19)34-2)35-16-18-4-3-5-20(27)14-18/h3-6,8,14-15,17H,7,9-13,16H2,1-2H3,(H,28,30,33). The molecule has 35 heavy (non-hydrogen) atoms. The summed E-state index contributed by atoms with van der Waals surface area (Å²) < 4.78 is 24.6. The number of aromatic amines is 1. The average Bonchev–Trinajstić information content (AvgIpc) is 2.87. The lowest BCUT2D eigenvalue weighted by atomic mass is 9.99. The van der Waals surface area contributed by atoms with Gasteiger partial charge in [0.2, 0.25) is 5.91 Å². The highest BCUT2D eigenvalue weighted by Gasteiger charge is 2.20. The molecule has 0 unspecified atom stereocenters. The number of amides is 1. The van der Waals surface area contributed by atoms with Crippen LogP contribution in [0.15, 0.2) is 47.3 Å². The van der Waals surface area contributed by atoms with Crippen LogP contribution in [0.1, 0.15) is 37.4 Å². The van der Waals surface area contributed by atoms with Crippen molar-refractivity contribution in [1.29, 1.82) is 0 Å². The molecule has 1 saturated heterocycles. The van der Waals surface area contributed by atoms with Gasteiger partial charge < -0.3 is 19.4 Å². The molecule has 2 heterocycles. The number of hydrogen-bond acceptors (Lipinski definition) is 6. The van der Waals surface area contributed by atoms with E-state index in [1.807, 2.05) is 4.90 Å². The zero-order chi connectivity index (χ0) is 24.8. The SMILES string of the molecule is COc1cc(-c2nnc(CCC(=O)N3CCC(C)CC3)c(=O)[nH]2)ccc1OCc1cccc(F)c1. The van der Waals surface area contributed by atoms with Crippen LogP contribution in [0, 0.1) is 11.7 Å². The zero-order valence-corrected chi connectivity index (χ0v) is 19.9. The van der Waals surface area contributed by atoms with E-state index in [9.17, 15) is 14.0 Å². The molecule has 0 bridgehead atoms. The normalized spacial score (nSPS) is 14.1. The maximum Gasteiger partial charge on any atom is 0.273 e. The fourth-order valence-electron chi connectivity index (χ4n) is 4.02. The molecule has 8 nitrogen and oxygen atoms in total. The number of nitrogens with one attached hydrogen (secondary N) is 1. The zero-order valence-electron chi connectivity index (χ0n) is 19.9. The highest BCUT2D eigenvalue weighted by molar-refractivity contribution is 5.76. The number of halogens is 1. The van der Waals surface area contributed by atoms with Gasteiger partial charge in [0.15, 0.2) is 17.3 Å². The molecule has 1 amide bonds. The van der Waals surface area contributed by atoms with Crippen molar-refractivity contribution >= 4 is 5.91 Å². The van der Waals surface area contributed by atoms with Crippen molar-refractivity contribution in [3.8, 4) is 22.9 Å². The number of aryl methyl sites for hydroxylation is 1. The first-order valence-corrected chi connectivity index (χ1v) is 11.7. The number of nitrogens with zero attached hydrogens (tertiary/aromatic N) is 3. The summed E-state index contributed by atoms with van der Waals surface area (Å²) in [6.45, 7) is 3.91. The Morgan fingerprint density at radius 2 is 1.94 bits per heavy atom. The Morgan fingerprint density at radius 1 is 1.14 bits per heavy atom. The molecule has 0 atom stereocenters. The monoisotopic (exact) mass is 480 g/mol. The van der Waals surface area contributed by atoms with Gasteiger partial charge in [-0.2, -0.15) is 0 Å². The van der Waals surface area contributed by atoms with E-state index < -0.39 is 0 Å². The Labute approximate surface area is 203 Å². The number of aromatic nitrogens is 3. The fraction of sp³-hybridized carbons (Fsp3) is 0.385. The Balaban J connectivity index is 1.40. The third kappa shape index (κ3) is 6.23. The summed E-state index contributed by atoms with van der Waals surface area (Å²) in [5.74, 6) is 1.55. The molecule has 2 aromatic carbocycles. The van der Waals surface area contributed by atoms with Crippen LogP contribution < -0.4 is 15.0 Å². The van der Waals surface area contributed by atoms with E-state index in [1.165, 1.54) is 19.2 Å². The minimum atomic E-state index is -0.375. The molecule has 3 aromatic rings. The van der Waals surface area contributed by atoms with Crippen LogP contribution in [0.2, 0.25) is 0 Å². The molecule has 9 heteroatoms. The first-order chi connectivity index (χ1) is 16.9. The van der Waals surface area contributed by atoms with Gasteiger partial charge in [-0.25, -0.2) is 4.39 Å². The van der Waals surface area contributed by atoms with E-state index >= 15 is 0 Å². The highest BCUT2D eigenvalue weighted by Crippen LogP contribution is 2.31. The summed E-state index contributed by atoms with van der Waals surface area (Å²) in [5, 5.41) is 8.22. The quantitative estimate of drug-likeness (QED) is 0.527. The van der Waals surface area contributed by atoms with Crippen molar-refractivity contribution < 1.29 is 18.7 Å². The lowest BCUT2D eigenvalue weighted by Crippen LogP contribution is -2.38. The molecule has 184 valence electrons. The van der Waals surface area contributed by atoms with Crippen LogP contribution >= 0.6 is 0 Å². The predicted molar refractivity (Wildman–Crippen MR) is 129 cm³/mol. The molecule has 4 rings (SSSR count). The first kappa shape index (κ1) is 24.4. The summed E-state index contributed by atoms with van der Waals surface area (Å²) in [6.07, 6.45) is 2.50. The van der Waals surface area contributed by atoms with Crippen LogP contribution in [-0.2, 0) is 17.8 Å². The largest absolute Gasteiger partial charge is 0.493 e. The summed E-state index contributed by atoms with van der Waals surface area (Å²) in [5.41, 5.74) is 1.14. The van der Waals surface area contributed by atoms with Gasteiger partial charge in [0.25, 0.3) is 5.56 Å². The Morgan fingerprint density at radius 3 is 2.66 bits per heavy atom. The molecule has 1 aliphatic rings. The topological polar surface area (TPSA) is 97.4 Å². The smallest absolute Gasteiger partial charge is 0.273 e. The first-order valence-electron chi connectivity index (χ1n) is 11.7. The summed E-state index contributed by atoms with van der Waals surface area (Å²) in [7, 11) is 1.51. The van der Waals surface area contributed by atoms with Crippen molar-refractivity contribution in [2.45, 2.75) is 39.2 Å². The van der Waals surface area contributed by atoms with Crippen LogP contribution in [0.5, 0.6) is 11.5 Å². The lowest BCUT2D eigenvalue weighted by molar-refractivity contribution is -0.132. The van der Waals surface area contributed by atoms with E-state index in [1.54, 1.807) is 30.3 Å². The van der Waals surface area contributed by atoms with Gasteiger partial charge in [-0.15, -0.1) is 10.2 Å². The third-order valence-corrected chi connectivity index (χ3v) is 6.20. The molecule has 1 fully saturated rings. The molecule has 1 aliphatic heterocycles. The lowest BCUT2D eigenvalue weighted by Gasteiger charge is -2.30. The van der Waals surface area contributed by atoms with Crippen molar-refractivity contribution in [2.24, 2.45) is 5.92 Å². The number of piperidine rings is 1. The van der Waals surface area contributed by atoms with Gasteiger partial charge in [-0.05, 0) is 54.7 Å². The predicted octanol–water partition coefficient (Wildman–Crippen LogP) is 3.75. The second-order valence-corrected chi connectivity index (χ2v) is 8.80. The van der Waals surface area contributed by atoms with E-state index in [2.05, 4.69) is 22.1 Å². The summed E-state index contributed by atoms with van der Waals surface area (Å²) >= 11 is 0. The van der Waals surface area contributed by atoms with Gasteiger partial charge in [0.05, 0.1) is 7.11 Å². The molecular formula is C26H29FN4O4. The number of benzene rings is 2. The van der Waals surface area contributed by atoms with E-state index in [4.69, 9.17) is 9.47 Å². The number of H-pyrrole nitrogens is 1. The molecule has 1 aromatic heterocycles. The van der Waals surface area contributed by atoms with Gasteiger partial charge in [-0.3, -0.25) is 9.59 Å². The number of carbonyl (C=O) groups is 1. The van der Waals surface area contributed by atoms with Gasteiger partial charge in [-0.1, -0.05) is 19.1 Å². The van der Waals surface area contributed by atoms with Crippen LogP contribution in [0.3, 0.4) is 0 Å². The third-order valence-electron chi connectivity index (χ3n) is 6.20. The summed E-state index contributed by atoms with van der Waals surface area (Å²) in [6, 6.07) is 11.3. The number of hydrogen-bond donors (Lipinski definition) is 1. The number of rotatable bonds is 8. The number of methoxy groups -OCH3 is 1. The second kappa shape index (κ2) is 11.1. The van der Waals surface area contributed by atoms with E-state index in [0.717, 1.165) is 25.9 Å². The average molecular weight is 481 g/mol. The van der Waals surface area contributed by atoms with Crippen molar-refractivity contribution in [1.82, 2.24) is 20.1 Å². The molecule has 0 spiro atoms. The molecular weight excluding hydrogens is 451 g/mol. The van der Waals surface area contributed by atoms with Crippen LogP contribution in [0.4, 0.5) is 4.39 Å². The van der Waals surface area contributed by atoms with Crippen LogP contribution in [0.25, 0.3) is 11.4 Å². The Bertz CT molecular complexity index is 1240. The number of likely N-dealkylation sites (tertiary alicyclic amines) is 1. The minimum Gasteiger partial charge on any atom is -0.493 e. The second-order valence-electron chi connectivity index (χ2n) is 8.80. The number of carbonyl (C=O) groups excluding carboxylic acids is 1. The Kier molecular flexibility index (Phi) is 7.74. The number of ether oxygens (including phenoxy) is 2. The van der Waals surface area contributed by atoms with Gasteiger partial charge in [0.1, 0.15) is 18.1 Å². The Hall–Kier alpha value is -3.75. The van der Waals surface area contributed by atoms with Gasteiger partial charge >= 0.3 is 0 Å². The minimum absolute atomic E-state index is 0.0424. The summed E-state index contributed by atoms with van der Waals surface area (Å²) in [4.78, 5) is 29.7. The van der Waals surface area contributed by atoms with Gasteiger partial charge in [0, 0.05) is 31.5 Å². The van der Waals surface area contributed by atoms with Crippen molar-refractivity contribution in [3.63, 3.8) is 0 Å². The molecule has 0 saturated carbocycles. The fourth-order valence-corrected chi connectivity index (χ4v) is 4.02. The van der Waals surface area contributed by atoms with Crippen molar-refractivity contribution in [2.75, 3.05) is 20.2 Å². The van der Waals surface area contributed by atoms with Crippen molar-refractivity contribution in [3.05, 3.63) is 69.9 Å². The maximum absolute atomic E-state index is 13.4. The van der Waals surface area contributed by atoms with E-state index in [0.29, 0.717) is 28.5 Å². The molecule has 0 aliphatic carbocycles. The maximum atomic E-state index is 13.4. The highest BCUT2D eigenvalue weighted by atomic mass is 19.1. The molecule has 1 N–H and O–H groups in total. The van der Waals surface area contributed by atoms with Crippen LogP contribution in [-0.4, -0.2) is 46.2 Å². The molecule has 0 radical (unpaired) electrons. The van der Waals surface area contributed by atoms with E-state index in [-0.39, 0.29) is 48.3 Å².